The van der Waals surface area contributed by atoms with E-state index < -0.39 is 0 Å². The molecule has 0 fully saturated rings. The van der Waals surface area contributed by atoms with Gasteiger partial charge in [-0.25, -0.2) is 4.39 Å². The second-order valence-electron chi connectivity index (χ2n) is 5.75. The van der Waals surface area contributed by atoms with Crippen LogP contribution in [0, 0.1) is 19.7 Å². The molecule has 0 radical (unpaired) electrons. The van der Waals surface area contributed by atoms with Gasteiger partial charge in [0.05, 0.1) is 0 Å². The molecule has 2 aromatic rings. The van der Waals surface area contributed by atoms with Crippen molar-refractivity contribution in [1.29, 1.82) is 0 Å². The molecule has 0 aromatic heterocycles. The largest absolute Gasteiger partial charge is 0.508 e. The molecule has 0 spiro atoms. The summed E-state index contributed by atoms with van der Waals surface area (Å²) in [6, 6.07) is 8.89. The Kier molecular flexibility index (Phi) is 4.12. The maximum absolute atomic E-state index is 13.7. The maximum atomic E-state index is 13.7. The lowest BCUT2D eigenvalue weighted by Crippen LogP contribution is -1.99. The number of halogens is 1. The van der Waals surface area contributed by atoms with Crippen molar-refractivity contribution in [1.82, 2.24) is 0 Å². The molecule has 106 valence electrons. The normalized spacial score (nSPS) is 11.1. The van der Waals surface area contributed by atoms with Gasteiger partial charge in [-0.15, -0.1) is 0 Å². The van der Waals surface area contributed by atoms with Crippen molar-refractivity contribution in [3.63, 3.8) is 0 Å². The van der Waals surface area contributed by atoms with E-state index in [-0.39, 0.29) is 11.7 Å². The second kappa shape index (κ2) is 5.66. The lowest BCUT2D eigenvalue weighted by molar-refractivity contribution is 0.474. The molecule has 0 aliphatic rings. The molecule has 0 unspecified atom stereocenters. The zero-order chi connectivity index (χ0) is 14.9. The monoisotopic (exact) mass is 272 g/mol. The third-order valence-electron chi connectivity index (χ3n) is 3.74. The number of aromatic hydroxyl groups is 1. The first-order valence-electron chi connectivity index (χ1n) is 6.96. The van der Waals surface area contributed by atoms with E-state index in [1.54, 1.807) is 18.2 Å². The first kappa shape index (κ1) is 14.6. The topological polar surface area (TPSA) is 20.2 Å². The Bertz CT molecular complexity index is 606. The van der Waals surface area contributed by atoms with E-state index in [2.05, 4.69) is 0 Å². The molecular weight excluding hydrogens is 251 g/mol. The van der Waals surface area contributed by atoms with Crippen molar-refractivity contribution < 1.29 is 9.50 Å². The number of phenols is 1. The summed E-state index contributed by atoms with van der Waals surface area (Å²) in [5.41, 5.74) is 5.20. The van der Waals surface area contributed by atoms with Crippen LogP contribution >= 0.6 is 0 Å². The van der Waals surface area contributed by atoms with Gasteiger partial charge in [-0.1, -0.05) is 26.0 Å². The molecule has 0 aliphatic carbocycles. The number of rotatable bonds is 3. The Morgan fingerprint density at radius 3 is 2.20 bits per heavy atom. The van der Waals surface area contributed by atoms with Crippen LogP contribution in [0.2, 0.25) is 0 Å². The number of hydrogen-bond donors (Lipinski definition) is 1. The maximum Gasteiger partial charge on any atom is 0.126 e. The van der Waals surface area contributed by atoms with Gasteiger partial charge in [0, 0.05) is 0 Å². The third-order valence-corrected chi connectivity index (χ3v) is 3.74. The summed E-state index contributed by atoms with van der Waals surface area (Å²) in [5, 5.41) is 9.59. The minimum atomic E-state index is -0.136. The minimum Gasteiger partial charge on any atom is -0.508 e. The molecule has 0 amide bonds. The van der Waals surface area contributed by atoms with Crippen molar-refractivity contribution in [3.05, 3.63) is 64.0 Å². The fourth-order valence-electron chi connectivity index (χ4n) is 2.60. The molecule has 0 heterocycles. The van der Waals surface area contributed by atoms with Crippen molar-refractivity contribution in [2.45, 2.75) is 40.0 Å². The van der Waals surface area contributed by atoms with Crippen molar-refractivity contribution in [3.8, 4) is 5.75 Å². The van der Waals surface area contributed by atoms with E-state index in [0.717, 1.165) is 28.7 Å². The van der Waals surface area contributed by atoms with Crippen LogP contribution in [0.3, 0.4) is 0 Å². The van der Waals surface area contributed by atoms with E-state index in [1.165, 1.54) is 5.56 Å². The summed E-state index contributed by atoms with van der Waals surface area (Å²) >= 11 is 0. The summed E-state index contributed by atoms with van der Waals surface area (Å²) in [6.45, 7) is 7.99. The molecule has 0 saturated heterocycles. The molecular formula is C18H21FO. The van der Waals surface area contributed by atoms with E-state index >= 15 is 0 Å². The van der Waals surface area contributed by atoms with Gasteiger partial charge in [-0.3, -0.25) is 0 Å². The zero-order valence-corrected chi connectivity index (χ0v) is 12.5. The zero-order valence-electron chi connectivity index (χ0n) is 12.5. The van der Waals surface area contributed by atoms with Crippen LogP contribution in [0.4, 0.5) is 4.39 Å². The summed E-state index contributed by atoms with van der Waals surface area (Å²) in [7, 11) is 0. The van der Waals surface area contributed by atoms with Crippen molar-refractivity contribution in [2.24, 2.45) is 0 Å². The van der Waals surface area contributed by atoms with Crippen LogP contribution < -0.4 is 0 Å². The molecule has 2 rings (SSSR count). The Morgan fingerprint density at radius 2 is 1.65 bits per heavy atom. The molecule has 0 saturated carbocycles. The van der Waals surface area contributed by atoms with Gasteiger partial charge in [0.15, 0.2) is 0 Å². The molecule has 0 bridgehead atoms. The Labute approximate surface area is 120 Å². The van der Waals surface area contributed by atoms with Gasteiger partial charge in [0.25, 0.3) is 0 Å². The highest BCUT2D eigenvalue weighted by molar-refractivity contribution is 5.43. The smallest absolute Gasteiger partial charge is 0.126 e. The molecule has 2 aromatic carbocycles. The van der Waals surface area contributed by atoms with Gasteiger partial charge < -0.3 is 5.11 Å². The fraction of sp³-hybridized carbons (Fsp3) is 0.333. The van der Waals surface area contributed by atoms with E-state index in [0.29, 0.717) is 5.75 Å². The Balaban J connectivity index is 2.38. The Morgan fingerprint density at radius 1 is 1.05 bits per heavy atom. The van der Waals surface area contributed by atoms with E-state index in [1.807, 2.05) is 39.8 Å². The predicted molar refractivity (Wildman–Crippen MR) is 80.9 cm³/mol. The average Bonchev–Trinajstić information content (AvgIpc) is 2.35. The minimum absolute atomic E-state index is 0.136. The SMILES string of the molecule is Cc1cc(O)cc(C)c1Cc1ccc(F)c(C(C)C)c1. The number of aryl methyl sites for hydroxylation is 2. The fourth-order valence-corrected chi connectivity index (χ4v) is 2.60. The predicted octanol–water partition coefficient (Wildman–Crippen LogP) is 4.86. The molecule has 20 heavy (non-hydrogen) atoms. The average molecular weight is 272 g/mol. The summed E-state index contributed by atoms with van der Waals surface area (Å²) in [6.07, 6.45) is 0.762. The van der Waals surface area contributed by atoms with E-state index in [9.17, 15) is 9.50 Å². The van der Waals surface area contributed by atoms with Crippen LogP contribution in [0.1, 0.15) is 47.6 Å². The highest BCUT2D eigenvalue weighted by Gasteiger charge is 2.10. The van der Waals surface area contributed by atoms with Gasteiger partial charge in [0.1, 0.15) is 11.6 Å². The van der Waals surface area contributed by atoms with Crippen LogP contribution in [-0.4, -0.2) is 5.11 Å². The highest BCUT2D eigenvalue weighted by Crippen LogP contribution is 2.25. The van der Waals surface area contributed by atoms with Crippen LogP contribution in [0.25, 0.3) is 0 Å². The first-order chi connectivity index (χ1) is 9.38. The lowest BCUT2D eigenvalue weighted by atomic mass is 9.93. The van der Waals surface area contributed by atoms with Crippen LogP contribution in [0.5, 0.6) is 5.75 Å². The Hall–Kier alpha value is -1.83. The summed E-state index contributed by atoms with van der Waals surface area (Å²) in [4.78, 5) is 0. The molecule has 0 atom stereocenters. The third kappa shape index (κ3) is 3.01. The standard InChI is InChI=1S/C18H21FO/c1-11(2)16-9-14(5-6-18(16)19)10-17-12(3)7-15(20)8-13(17)4/h5-9,11,20H,10H2,1-4H3. The first-order valence-corrected chi connectivity index (χ1v) is 6.96. The molecule has 1 N–H and O–H groups in total. The number of phenolic OH excluding ortho intramolecular Hbond substituents is 1. The highest BCUT2D eigenvalue weighted by atomic mass is 19.1. The molecule has 1 nitrogen and oxygen atoms in total. The van der Waals surface area contributed by atoms with Gasteiger partial charge >= 0.3 is 0 Å². The number of hydrogen-bond acceptors (Lipinski definition) is 1. The van der Waals surface area contributed by atoms with Crippen molar-refractivity contribution >= 4 is 0 Å². The second-order valence-corrected chi connectivity index (χ2v) is 5.75. The van der Waals surface area contributed by atoms with Gasteiger partial charge in [-0.05, 0) is 72.2 Å². The van der Waals surface area contributed by atoms with Gasteiger partial charge in [-0.2, -0.15) is 0 Å². The summed E-state index contributed by atoms with van der Waals surface area (Å²) < 4.78 is 13.7. The lowest BCUT2D eigenvalue weighted by Gasteiger charge is -2.13. The molecule has 0 aliphatic heterocycles. The number of benzene rings is 2. The van der Waals surface area contributed by atoms with Crippen molar-refractivity contribution in [2.75, 3.05) is 0 Å². The van der Waals surface area contributed by atoms with Crippen LogP contribution in [-0.2, 0) is 6.42 Å². The van der Waals surface area contributed by atoms with E-state index in [4.69, 9.17) is 0 Å². The van der Waals surface area contributed by atoms with Gasteiger partial charge in [0.2, 0.25) is 0 Å². The molecule has 2 heteroatoms. The summed E-state index contributed by atoms with van der Waals surface area (Å²) in [5.74, 6) is 0.339. The quantitative estimate of drug-likeness (QED) is 0.845. The van der Waals surface area contributed by atoms with Crippen LogP contribution in [0.15, 0.2) is 30.3 Å².